The fourth-order valence-electron chi connectivity index (χ4n) is 4.10. The van der Waals surface area contributed by atoms with E-state index in [-0.39, 0.29) is 34.3 Å². The standard InChI is InChI=1S/C19H25N3O5S2/c1-14-19(29(25,26)21-9-11-27-12-10-21)15(2)22(20-14)28(23,24)18-8-7-16-5-3-4-6-17(16)13-18/h7-8,13H,3-6,9-12H2,1-2H3. The molecule has 0 unspecified atom stereocenters. The van der Waals surface area contributed by atoms with Crippen molar-refractivity contribution >= 4 is 20.0 Å². The summed E-state index contributed by atoms with van der Waals surface area (Å²) in [6.07, 6.45) is 3.96. The van der Waals surface area contributed by atoms with E-state index in [0.29, 0.717) is 13.2 Å². The molecule has 29 heavy (non-hydrogen) atoms. The van der Waals surface area contributed by atoms with Crippen LogP contribution in [0.15, 0.2) is 28.0 Å². The SMILES string of the molecule is Cc1nn(S(=O)(=O)c2ccc3c(c2)CCCC3)c(C)c1S(=O)(=O)N1CCOCC1. The Labute approximate surface area is 171 Å². The average Bonchev–Trinajstić information content (AvgIpc) is 3.03. The van der Waals surface area contributed by atoms with Gasteiger partial charge in [0.25, 0.3) is 10.0 Å². The minimum absolute atomic E-state index is 0.0408. The topological polar surface area (TPSA) is 98.6 Å². The molecule has 0 N–H and O–H groups in total. The zero-order valence-electron chi connectivity index (χ0n) is 16.6. The third kappa shape index (κ3) is 3.52. The number of ether oxygens (including phenoxy) is 1. The molecule has 1 fully saturated rings. The molecule has 8 nitrogen and oxygen atoms in total. The summed E-state index contributed by atoms with van der Waals surface area (Å²) in [4.78, 5) is 0.0972. The lowest BCUT2D eigenvalue weighted by molar-refractivity contribution is 0.0730. The Morgan fingerprint density at radius 2 is 1.59 bits per heavy atom. The van der Waals surface area contributed by atoms with Gasteiger partial charge in [0.2, 0.25) is 10.0 Å². The molecule has 0 amide bonds. The van der Waals surface area contributed by atoms with Crippen LogP contribution in [-0.2, 0) is 37.6 Å². The highest BCUT2D eigenvalue weighted by atomic mass is 32.2. The first-order valence-corrected chi connectivity index (χ1v) is 12.6. The molecule has 1 aliphatic carbocycles. The molecule has 10 heteroatoms. The maximum Gasteiger partial charge on any atom is 0.283 e. The highest BCUT2D eigenvalue weighted by molar-refractivity contribution is 7.90. The molecule has 1 aromatic heterocycles. The normalized spacial score (nSPS) is 18.6. The minimum atomic E-state index is -4.00. The third-order valence-electron chi connectivity index (χ3n) is 5.60. The third-order valence-corrected chi connectivity index (χ3v) is 9.41. The number of aryl methyl sites for hydroxylation is 3. The van der Waals surface area contributed by atoms with Gasteiger partial charge in [0.1, 0.15) is 4.90 Å². The molecule has 1 aliphatic heterocycles. The Kier molecular flexibility index (Phi) is 5.30. The summed E-state index contributed by atoms with van der Waals surface area (Å²) in [5.74, 6) is 0. The number of rotatable bonds is 4. The van der Waals surface area contributed by atoms with Crippen molar-refractivity contribution in [3.63, 3.8) is 0 Å². The van der Waals surface area contributed by atoms with E-state index < -0.39 is 20.0 Å². The van der Waals surface area contributed by atoms with E-state index in [4.69, 9.17) is 4.74 Å². The molecule has 0 bridgehead atoms. The van der Waals surface area contributed by atoms with Crippen molar-refractivity contribution in [1.29, 1.82) is 0 Å². The van der Waals surface area contributed by atoms with Crippen LogP contribution in [0.1, 0.15) is 35.4 Å². The van der Waals surface area contributed by atoms with E-state index >= 15 is 0 Å². The van der Waals surface area contributed by atoms with Crippen molar-refractivity contribution in [2.45, 2.75) is 49.3 Å². The maximum absolute atomic E-state index is 13.3. The first-order chi connectivity index (χ1) is 13.7. The van der Waals surface area contributed by atoms with Crippen LogP contribution in [0.2, 0.25) is 0 Å². The van der Waals surface area contributed by atoms with Gasteiger partial charge in [0.15, 0.2) is 0 Å². The van der Waals surface area contributed by atoms with Gasteiger partial charge >= 0.3 is 0 Å². The van der Waals surface area contributed by atoms with Gasteiger partial charge in [-0.3, -0.25) is 0 Å². The van der Waals surface area contributed by atoms with Gasteiger partial charge in [-0.2, -0.15) is 21.9 Å². The molecule has 0 radical (unpaired) electrons. The van der Waals surface area contributed by atoms with E-state index in [2.05, 4.69) is 5.10 Å². The van der Waals surface area contributed by atoms with Crippen LogP contribution in [0.3, 0.4) is 0 Å². The number of hydrogen-bond donors (Lipinski definition) is 0. The van der Waals surface area contributed by atoms with Crippen LogP contribution in [0.25, 0.3) is 0 Å². The zero-order chi connectivity index (χ0) is 20.8. The predicted molar refractivity (Wildman–Crippen MR) is 107 cm³/mol. The second kappa shape index (κ2) is 7.50. The van der Waals surface area contributed by atoms with E-state index in [0.717, 1.165) is 35.3 Å². The predicted octanol–water partition coefficient (Wildman–Crippen LogP) is 1.64. The van der Waals surface area contributed by atoms with Crippen LogP contribution < -0.4 is 0 Å². The number of hydrogen-bond acceptors (Lipinski definition) is 6. The first kappa shape index (κ1) is 20.5. The lowest BCUT2D eigenvalue weighted by Crippen LogP contribution is -2.41. The Morgan fingerprint density at radius 3 is 2.28 bits per heavy atom. The van der Waals surface area contributed by atoms with Crippen molar-refractivity contribution in [3.05, 3.63) is 40.7 Å². The zero-order valence-corrected chi connectivity index (χ0v) is 18.2. The van der Waals surface area contributed by atoms with Crippen LogP contribution in [-0.4, -0.2) is 56.6 Å². The fraction of sp³-hybridized carbons (Fsp3) is 0.526. The van der Waals surface area contributed by atoms with Gasteiger partial charge in [-0.1, -0.05) is 6.07 Å². The molecular weight excluding hydrogens is 414 g/mol. The molecule has 0 saturated carbocycles. The quantitative estimate of drug-likeness (QED) is 0.718. The molecular formula is C19H25N3O5S2. The molecule has 2 aliphatic rings. The minimum Gasteiger partial charge on any atom is -0.379 e. The fourth-order valence-corrected chi connectivity index (χ4v) is 7.33. The summed E-state index contributed by atoms with van der Waals surface area (Å²) in [7, 11) is -7.85. The maximum atomic E-state index is 13.3. The van der Waals surface area contributed by atoms with Gasteiger partial charge in [-0.05, 0) is 62.8 Å². The number of sulfonamides is 1. The second-order valence-corrected chi connectivity index (χ2v) is 11.1. The Hall–Kier alpha value is -1.75. The van der Waals surface area contributed by atoms with Gasteiger partial charge in [0.05, 0.1) is 29.5 Å². The van der Waals surface area contributed by atoms with Crippen molar-refractivity contribution in [2.24, 2.45) is 0 Å². The average molecular weight is 440 g/mol. The summed E-state index contributed by atoms with van der Waals surface area (Å²) in [6.45, 7) is 4.13. The van der Waals surface area contributed by atoms with E-state index in [1.807, 2.05) is 6.07 Å². The van der Waals surface area contributed by atoms with Crippen molar-refractivity contribution in [3.8, 4) is 0 Å². The van der Waals surface area contributed by atoms with E-state index in [1.165, 1.54) is 23.7 Å². The lowest BCUT2D eigenvalue weighted by atomic mass is 9.92. The number of benzene rings is 1. The van der Waals surface area contributed by atoms with E-state index in [1.54, 1.807) is 12.1 Å². The monoisotopic (exact) mass is 439 g/mol. The molecule has 158 valence electrons. The molecule has 1 aromatic carbocycles. The van der Waals surface area contributed by atoms with Crippen LogP contribution in [0.5, 0.6) is 0 Å². The Bertz CT molecular complexity index is 1150. The number of morpholine rings is 1. The highest BCUT2D eigenvalue weighted by Crippen LogP contribution is 2.29. The number of aromatic nitrogens is 2. The van der Waals surface area contributed by atoms with E-state index in [9.17, 15) is 16.8 Å². The molecule has 0 spiro atoms. The summed E-state index contributed by atoms with van der Waals surface area (Å²) < 4.78 is 60.2. The van der Waals surface area contributed by atoms with Crippen molar-refractivity contribution in [2.75, 3.05) is 26.3 Å². The molecule has 4 rings (SSSR count). The summed E-state index contributed by atoms with van der Waals surface area (Å²) in [5, 5.41) is 4.12. The Balaban J connectivity index is 1.77. The van der Waals surface area contributed by atoms with Crippen molar-refractivity contribution in [1.82, 2.24) is 13.5 Å². The summed E-state index contributed by atoms with van der Waals surface area (Å²) >= 11 is 0. The van der Waals surface area contributed by atoms with Crippen LogP contribution in [0, 0.1) is 13.8 Å². The highest BCUT2D eigenvalue weighted by Gasteiger charge is 2.34. The lowest BCUT2D eigenvalue weighted by Gasteiger charge is -2.26. The van der Waals surface area contributed by atoms with Gasteiger partial charge < -0.3 is 4.74 Å². The van der Waals surface area contributed by atoms with Crippen LogP contribution in [0.4, 0.5) is 0 Å². The summed E-state index contributed by atoms with van der Waals surface area (Å²) in [6, 6.07) is 5.15. The second-order valence-electron chi connectivity index (χ2n) is 7.50. The largest absolute Gasteiger partial charge is 0.379 e. The van der Waals surface area contributed by atoms with Crippen molar-refractivity contribution < 1.29 is 21.6 Å². The molecule has 2 aromatic rings. The smallest absolute Gasteiger partial charge is 0.283 e. The van der Waals surface area contributed by atoms with Gasteiger partial charge in [-0.15, -0.1) is 0 Å². The van der Waals surface area contributed by atoms with Gasteiger partial charge in [0, 0.05) is 13.1 Å². The Morgan fingerprint density at radius 1 is 0.931 bits per heavy atom. The summed E-state index contributed by atoms with van der Waals surface area (Å²) in [5.41, 5.74) is 2.50. The number of fused-ring (bicyclic) bond motifs is 1. The first-order valence-electron chi connectivity index (χ1n) is 9.74. The number of nitrogens with zero attached hydrogens (tertiary/aromatic N) is 3. The molecule has 0 atom stereocenters. The molecule has 1 saturated heterocycles. The van der Waals surface area contributed by atoms with Crippen LogP contribution >= 0.6 is 0 Å². The van der Waals surface area contributed by atoms with Gasteiger partial charge in [-0.25, -0.2) is 8.42 Å². The molecule has 2 heterocycles.